The molecule has 1 heterocycles. The second kappa shape index (κ2) is 5.82. The molecule has 3 heteroatoms. The van der Waals surface area contributed by atoms with Gasteiger partial charge in [-0.3, -0.25) is 4.79 Å². The van der Waals surface area contributed by atoms with Crippen LogP contribution in [-0.4, -0.2) is 18.7 Å². The van der Waals surface area contributed by atoms with Crippen LogP contribution in [0.2, 0.25) is 0 Å². The molecule has 0 spiro atoms. The Morgan fingerprint density at radius 3 is 2.82 bits per heavy atom. The molecular weight excluding hydrogens is 216 g/mol. The smallest absolute Gasteiger partial charge is 0.305 e. The highest BCUT2D eigenvalue weighted by Crippen LogP contribution is 2.15. The maximum absolute atomic E-state index is 11.1. The lowest BCUT2D eigenvalue weighted by atomic mass is 10.1. The lowest BCUT2D eigenvalue weighted by Gasteiger charge is -2.14. The average Bonchev–Trinajstić information content (AvgIpc) is 2.54. The lowest BCUT2D eigenvalue weighted by Crippen LogP contribution is -2.13. The highest BCUT2D eigenvalue weighted by atomic mass is 16.5. The molecule has 0 aliphatic carbocycles. The topological polar surface area (TPSA) is 35.5 Å². The fourth-order valence-corrected chi connectivity index (χ4v) is 1.86. The van der Waals surface area contributed by atoms with E-state index in [2.05, 4.69) is 31.2 Å². The van der Waals surface area contributed by atoms with Crippen LogP contribution in [-0.2, 0) is 20.9 Å². The van der Waals surface area contributed by atoms with Crippen molar-refractivity contribution in [1.29, 1.82) is 0 Å². The number of cyclic esters (lactones) is 1. The van der Waals surface area contributed by atoms with E-state index in [1.165, 1.54) is 11.1 Å². The molecule has 0 saturated carbocycles. The predicted molar refractivity (Wildman–Crippen MR) is 64.6 cm³/mol. The predicted octanol–water partition coefficient (Wildman–Crippen LogP) is 2.61. The summed E-state index contributed by atoms with van der Waals surface area (Å²) in [5.74, 6) is -0.105. The Hall–Kier alpha value is -1.35. The summed E-state index contributed by atoms with van der Waals surface area (Å²) in [6.07, 6.45) is 2.18. The summed E-state index contributed by atoms with van der Waals surface area (Å²) >= 11 is 0. The van der Waals surface area contributed by atoms with E-state index in [0.29, 0.717) is 19.6 Å². The summed E-state index contributed by atoms with van der Waals surface area (Å²) < 4.78 is 10.8. The number of carbonyl (C=O) groups is 1. The van der Waals surface area contributed by atoms with Crippen LogP contribution in [0, 0.1) is 6.92 Å². The molecule has 92 valence electrons. The van der Waals surface area contributed by atoms with Crippen LogP contribution < -0.4 is 0 Å². The maximum Gasteiger partial charge on any atom is 0.305 e. The van der Waals surface area contributed by atoms with Gasteiger partial charge in [-0.25, -0.2) is 0 Å². The van der Waals surface area contributed by atoms with E-state index in [1.807, 2.05) is 0 Å². The molecule has 1 aliphatic rings. The zero-order valence-corrected chi connectivity index (χ0v) is 10.1. The normalized spacial score (nSPS) is 20.8. The Morgan fingerprint density at radius 1 is 1.29 bits per heavy atom. The highest BCUT2D eigenvalue weighted by Gasteiger charge is 2.17. The fraction of sp³-hybridized carbons (Fsp3) is 0.500. The van der Waals surface area contributed by atoms with Gasteiger partial charge in [0, 0.05) is 12.8 Å². The quantitative estimate of drug-likeness (QED) is 0.754. The molecule has 0 bridgehead atoms. The van der Waals surface area contributed by atoms with Crippen LogP contribution in [0.3, 0.4) is 0 Å². The number of carbonyl (C=O) groups excluding carboxylic acids is 1. The van der Waals surface area contributed by atoms with Crippen molar-refractivity contribution in [2.45, 2.75) is 38.9 Å². The third-order valence-corrected chi connectivity index (χ3v) is 2.98. The van der Waals surface area contributed by atoms with Gasteiger partial charge >= 0.3 is 5.97 Å². The summed E-state index contributed by atoms with van der Waals surface area (Å²) in [4.78, 5) is 11.1. The third kappa shape index (κ3) is 3.86. The molecule has 3 nitrogen and oxygen atoms in total. The number of esters is 1. The van der Waals surface area contributed by atoms with Gasteiger partial charge in [-0.1, -0.05) is 29.8 Å². The highest BCUT2D eigenvalue weighted by molar-refractivity contribution is 5.69. The first-order valence-corrected chi connectivity index (χ1v) is 6.07. The monoisotopic (exact) mass is 234 g/mol. The molecule has 1 fully saturated rings. The molecule has 1 aromatic rings. The van der Waals surface area contributed by atoms with Crippen LogP contribution in [0.4, 0.5) is 0 Å². The Bertz CT molecular complexity index is 370. The summed E-state index contributed by atoms with van der Waals surface area (Å²) in [6, 6.07) is 8.32. The Labute approximate surface area is 102 Å². The van der Waals surface area contributed by atoms with Crippen LogP contribution in [0.15, 0.2) is 24.3 Å². The van der Waals surface area contributed by atoms with Crippen LogP contribution in [0.1, 0.15) is 30.4 Å². The molecule has 2 rings (SSSR count). The number of benzene rings is 1. The maximum atomic E-state index is 11.1. The van der Waals surface area contributed by atoms with E-state index in [0.717, 1.165) is 12.8 Å². The van der Waals surface area contributed by atoms with Crippen molar-refractivity contribution in [3.05, 3.63) is 35.4 Å². The zero-order valence-electron chi connectivity index (χ0n) is 10.1. The summed E-state index contributed by atoms with van der Waals surface area (Å²) in [5.41, 5.74) is 2.43. The largest absolute Gasteiger partial charge is 0.466 e. The van der Waals surface area contributed by atoms with E-state index in [-0.39, 0.29) is 12.1 Å². The first-order chi connectivity index (χ1) is 8.24. The molecule has 1 atom stereocenters. The number of rotatable bonds is 3. The minimum absolute atomic E-state index is 0.105. The van der Waals surface area contributed by atoms with Crippen LogP contribution in [0.5, 0.6) is 0 Å². The van der Waals surface area contributed by atoms with E-state index in [1.54, 1.807) is 0 Å². The molecule has 1 unspecified atom stereocenters. The van der Waals surface area contributed by atoms with Gasteiger partial charge in [-0.05, 0) is 18.9 Å². The first-order valence-electron chi connectivity index (χ1n) is 6.07. The second-order valence-corrected chi connectivity index (χ2v) is 4.47. The summed E-state index contributed by atoms with van der Waals surface area (Å²) in [6.45, 7) is 3.16. The number of hydrogen-bond acceptors (Lipinski definition) is 3. The van der Waals surface area contributed by atoms with E-state index < -0.39 is 0 Å². The number of aryl methyl sites for hydroxylation is 1. The number of ether oxygens (including phenoxy) is 2. The van der Waals surface area contributed by atoms with Gasteiger partial charge in [-0.2, -0.15) is 0 Å². The van der Waals surface area contributed by atoms with Crippen molar-refractivity contribution < 1.29 is 14.3 Å². The SMILES string of the molecule is Cc1ccc(COC2CCOC(=O)CC2)cc1. The second-order valence-electron chi connectivity index (χ2n) is 4.47. The standard InChI is InChI=1S/C14H18O3/c1-11-2-4-12(5-3-11)10-17-13-6-7-14(15)16-9-8-13/h2-5,13H,6-10H2,1H3. The van der Waals surface area contributed by atoms with Gasteiger partial charge in [0.05, 0.1) is 19.3 Å². The lowest BCUT2D eigenvalue weighted by molar-refractivity contribution is -0.142. The van der Waals surface area contributed by atoms with Gasteiger partial charge in [0.25, 0.3) is 0 Å². The molecule has 0 amide bonds. The Morgan fingerprint density at radius 2 is 2.06 bits per heavy atom. The molecular formula is C14H18O3. The van der Waals surface area contributed by atoms with Crippen molar-refractivity contribution in [2.24, 2.45) is 0 Å². The van der Waals surface area contributed by atoms with Gasteiger partial charge in [0.15, 0.2) is 0 Å². The van der Waals surface area contributed by atoms with Crippen LogP contribution >= 0.6 is 0 Å². The zero-order chi connectivity index (χ0) is 12.1. The minimum atomic E-state index is -0.105. The molecule has 0 radical (unpaired) electrons. The fourth-order valence-electron chi connectivity index (χ4n) is 1.86. The van der Waals surface area contributed by atoms with E-state index >= 15 is 0 Å². The molecule has 0 aromatic heterocycles. The van der Waals surface area contributed by atoms with Crippen molar-refractivity contribution in [3.8, 4) is 0 Å². The van der Waals surface area contributed by atoms with E-state index in [4.69, 9.17) is 9.47 Å². The molecule has 0 N–H and O–H groups in total. The van der Waals surface area contributed by atoms with Crippen molar-refractivity contribution in [3.63, 3.8) is 0 Å². The Balaban J connectivity index is 1.81. The Kier molecular flexibility index (Phi) is 4.15. The average molecular weight is 234 g/mol. The molecule has 1 aliphatic heterocycles. The molecule has 17 heavy (non-hydrogen) atoms. The molecule has 1 saturated heterocycles. The van der Waals surface area contributed by atoms with Crippen molar-refractivity contribution in [1.82, 2.24) is 0 Å². The van der Waals surface area contributed by atoms with Crippen molar-refractivity contribution >= 4 is 5.97 Å². The summed E-state index contributed by atoms with van der Waals surface area (Å²) in [7, 11) is 0. The third-order valence-electron chi connectivity index (χ3n) is 2.98. The van der Waals surface area contributed by atoms with E-state index in [9.17, 15) is 4.79 Å². The summed E-state index contributed by atoms with van der Waals surface area (Å²) in [5, 5.41) is 0. The molecule has 1 aromatic carbocycles. The van der Waals surface area contributed by atoms with Gasteiger partial charge in [0.2, 0.25) is 0 Å². The minimum Gasteiger partial charge on any atom is -0.466 e. The first kappa shape index (κ1) is 12.1. The van der Waals surface area contributed by atoms with Crippen LogP contribution in [0.25, 0.3) is 0 Å². The van der Waals surface area contributed by atoms with Gasteiger partial charge in [-0.15, -0.1) is 0 Å². The van der Waals surface area contributed by atoms with Gasteiger partial charge < -0.3 is 9.47 Å². The van der Waals surface area contributed by atoms with Crippen molar-refractivity contribution in [2.75, 3.05) is 6.61 Å². The van der Waals surface area contributed by atoms with Gasteiger partial charge in [0.1, 0.15) is 0 Å². The number of hydrogen-bond donors (Lipinski definition) is 0.